The van der Waals surface area contributed by atoms with E-state index in [2.05, 4.69) is 25.7 Å². The van der Waals surface area contributed by atoms with Crippen LogP contribution in [-0.4, -0.2) is 35.7 Å². The first-order chi connectivity index (χ1) is 6.67. The first kappa shape index (κ1) is 12.0. The van der Waals surface area contributed by atoms with E-state index in [0.29, 0.717) is 18.1 Å². The van der Waals surface area contributed by atoms with E-state index in [1.807, 2.05) is 0 Å². The van der Waals surface area contributed by atoms with Gasteiger partial charge in [0.25, 0.3) is 0 Å². The number of likely N-dealkylation sites (tertiary alicyclic amines) is 1. The van der Waals surface area contributed by atoms with Gasteiger partial charge < -0.3 is 5.11 Å². The number of aliphatic hydroxyl groups is 1. The lowest BCUT2D eigenvalue weighted by atomic mass is 9.74. The largest absolute Gasteiger partial charge is 0.396 e. The summed E-state index contributed by atoms with van der Waals surface area (Å²) in [5, 5.41) is 8.76. The van der Waals surface area contributed by atoms with E-state index in [9.17, 15) is 0 Å². The monoisotopic (exact) mass is 199 g/mol. The van der Waals surface area contributed by atoms with Gasteiger partial charge in [-0.15, -0.1) is 0 Å². The van der Waals surface area contributed by atoms with E-state index in [0.717, 1.165) is 12.8 Å². The van der Waals surface area contributed by atoms with Gasteiger partial charge in [-0.25, -0.2) is 0 Å². The Morgan fingerprint density at radius 1 is 1.29 bits per heavy atom. The van der Waals surface area contributed by atoms with Crippen molar-refractivity contribution in [2.45, 2.75) is 52.5 Å². The minimum Gasteiger partial charge on any atom is -0.396 e. The maximum Gasteiger partial charge on any atom is 0.0431 e. The van der Waals surface area contributed by atoms with Gasteiger partial charge in [0.1, 0.15) is 0 Å². The first-order valence-corrected chi connectivity index (χ1v) is 6.02. The molecular formula is C12H25NO. The van der Waals surface area contributed by atoms with Crippen molar-refractivity contribution in [1.29, 1.82) is 0 Å². The van der Waals surface area contributed by atoms with Crippen molar-refractivity contribution < 1.29 is 5.11 Å². The van der Waals surface area contributed by atoms with Gasteiger partial charge in [0, 0.05) is 25.7 Å². The van der Waals surface area contributed by atoms with E-state index in [4.69, 9.17) is 5.11 Å². The summed E-state index contributed by atoms with van der Waals surface area (Å²) in [5.41, 5.74) is 0.619. The summed E-state index contributed by atoms with van der Waals surface area (Å²) < 4.78 is 0. The van der Waals surface area contributed by atoms with Crippen LogP contribution in [0.2, 0.25) is 0 Å². The summed E-state index contributed by atoms with van der Waals surface area (Å²) in [7, 11) is 0. The number of hydrogen-bond acceptors (Lipinski definition) is 2. The summed E-state index contributed by atoms with van der Waals surface area (Å²) >= 11 is 0. The van der Waals surface area contributed by atoms with Gasteiger partial charge in [-0.1, -0.05) is 13.8 Å². The molecule has 1 atom stereocenters. The lowest BCUT2D eigenvalue weighted by Crippen LogP contribution is -2.58. The highest BCUT2D eigenvalue weighted by Crippen LogP contribution is 2.38. The Morgan fingerprint density at radius 2 is 1.86 bits per heavy atom. The second kappa shape index (κ2) is 5.13. The standard InChI is InChI=1S/C12H25NO/c1-4-12(5-2)9-13(10-12)11(3)7-6-8-14/h11,14H,4-10H2,1-3H3. The number of aliphatic hydroxyl groups excluding tert-OH is 1. The highest BCUT2D eigenvalue weighted by Gasteiger charge is 2.41. The van der Waals surface area contributed by atoms with Crippen LogP contribution < -0.4 is 0 Å². The van der Waals surface area contributed by atoms with Gasteiger partial charge in [0.05, 0.1) is 0 Å². The predicted molar refractivity (Wildman–Crippen MR) is 60.4 cm³/mol. The maximum atomic E-state index is 8.76. The average molecular weight is 199 g/mol. The van der Waals surface area contributed by atoms with Crippen LogP contribution >= 0.6 is 0 Å². The van der Waals surface area contributed by atoms with Crippen molar-refractivity contribution in [3.63, 3.8) is 0 Å². The molecule has 0 saturated carbocycles. The summed E-state index contributed by atoms with van der Waals surface area (Å²) in [4.78, 5) is 2.56. The van der Waals surface area contributed by atoms with Crippen LogP contribution in [0, 0.1) is 5.41 Å². The summed E-state index contributed by atoms with van der Waals surface area (Å²) in [6, 6.07) is 0.661. The van der Waals surface area contributed by atoms with E-state index >= 15 is 0 Å². The molecule has 84 valence electrons. The van der Waals surface area contributed by atoms with Crippen molar-refractivity contribution in [2.75, 3.05) is 19.7 Å². The number of rotatable bonds is 6. The van der Waals surface area contributed by atoms with Crippen LogP contribution in [0.3, 0.4) is 0 Å². The smallest absolute Gasteiger partial charge is 0.0431 e. The van der Waals surface area contributed by atoms with Crippen LogP contribution in [0.4, 0.5) is 0 Å². The summed E-state index contributed by atoms with van der Waals surface area (Å²) in [6.45, 7) is 9.77. The maximum absolute atomic E-state index is 8.76. The van der Waals surface area contributed by atoms with Crippen LogP contribution in [0.5, 0.6) is 0 Å². The Hall–Kier alpha value is -0.0800. The normalized spacial score (nSPS) is 23.1. The van der Waals surface area contributed by atoms with Crippen LogP contribution in [0.1, 0.15) is 46.5 Å². The second-order valence-corrected chi connectivity index (χ2v) is 4.83. The molecule has 2 nitrogen and oxygen atoms in total. The number of nitrogens with zero attached hydrogens (tertiary/aromatic N) is 1. The molecule has 0 aromatic carbocycles. The second-order valence-electron chi connectivity index (χ2n) is 4.83. The molecule has 1 unspecified atom stereocenters. The lowest BCUT2D eigenvalue weighted by molar-refractivity contribution is -0.0352. The molecule has 1 heterocycles. The lowest BCUT2D eigenvalue weighted by Gasteiger charge is -2.52. The van der Waals surface area contributed by atoms with Crippen molar-refractivity contribution >= 4 is 0 Å². The van der Waals surface area contributed by atoms with Crippen molar-refractivity contribution in [1.82, 2.24) is 4.90 Å². The van der Waals surface area contributed by atoms with Crippen molar-refractivity contribution in [2.24, 2.45) is 5.41 Å². The van der Waals surface area contributed by atoms with Crippen LogP contribution in [0.25, 0.3) is 0 Å². The third-order valence-corrected chi connectivity index (χ3v) is 3.98. The fraction of sp³-hybridized carbons (Fsp3) is 1.00. The van der Waals surface area contributed by atoms with Gasteiger partial charge in [-0.3, -0.25) is 4.90 Å². The van der Waals surface area contributed by atoms with E-state index in [1.54, 1.807) is 0 Å². The quantitative estimate of drug-likeness (QED) is 0.709. The van der Waals surface area contributed by atoms with Crippen molar-refractivity contribution in [3.8, 4) is 0 Å². The molecule has 1 saturated heterocycles. The van der Waals surface area contributed by atoms with Crippen LogP contribution in [-0.2, 0) is 0 Å². The van der Waals surface area contributed by atoms with E-state index < -0.39 is 0 Å². The van der Waals surface area contributed by atoms with Gasteiger partial charge in [-0.2, -0.15) is 0 Å². The fourth-order valence-corrected chi connectivity index (χ4v) is 2.39. The molecule has 1 rings (SSSR count). The Morgan fingerprint density at radius 3 is 2.29 bits per heavy atom. The van der Waals surface area contributed by atoms with Gasteiger partial charge >= 0.3 is 0 Å². The molecule has 1 aliphatic heterocycles. The highest BCUT2D eigenvalue weighted by atomic mass is 16.2. The predicted octanol–water partition coefficient (Wildman–Crippen LogP) is 2.27. The SMILES string of the molecule is CCC1(CC)CN(C(C)CCCO)C1. The zero-order valence-electron chi connectivity index (χ0n) is 9.92. The minimum atomic E-state index is 0.338. The summed E-state index contributed by atoms with van der Waals surface area (Å²) in [5.74, 6) is 0. The van der Waals surface area contributed by atoms with E-state index in [-0.39, 0.29) is 0 Å². The molecule has 0 spiro atoms. The topological polar surface area (TPSA) is 23.5 Å². The molecule has 0 amide bonds. The Labute approximate surface area is 88.3 Å². The van der Waals surface area contributed by atoms with Gasteiger partial charge in [0.2, 0.25) is 0 Å². The van der Waals surface area contributed by atoms with Gasteiger partial charge in [0.15, 0.2) is 0 Å². The Kier molecular flexibility index (Phi) is 4.39. The minimum absolute atomic E-state index is 0.338. The molecule has 1 N–H and O–H groups in total. The highest BCUT2D eigenvalue weighted by molar-refractivity contribution is 4.94. The molecular weight excluding hydrogens is 174 g/mol. The zero-order valence-corrected chi connectivity index (χ0v) is 9.92. The average Bonchev–Trinajstić information content (AvgIpc) is 2.14. The number of hydrogen-bond donors (Lipinski definition) is 1. The molecule has 1 aliphatic rings. The van der Waals surface area contributed by atoms with Crippen LogP contribution in [0.15, 0.2) is 0 Å². The molecule has 1 fully saturated rings. The summed E-state index contributed by atoms with van der Waals surface area (Å²) in [6.07, 6.45) is 4.71. The molecule has 0 bridgehead atoms. The fourth-order valence-electron chi connectivity index (χ4n) is 2.39. The molecule has 14 heavy (non-hydrogen) atoms. The molecule has 0 aromatic heterocycles. The van der Waals surface area contributed by atoms with E-state index in [1.165, 1.54) is 25.9 Å². The molecule has 0 aromatic rings. The molecule has 2 heteroatoms. The first-order valence-electron chi connectivity index (χ1n) is 6.02. The molecule has 0 aliphatic carbocycles. The Bertz CT molecular complexity index is 158. The Balaban J connectivity index is 2.25. The zero-order chi connectivity index (χ0) is 10.6. The van der Waals surface area contributed by atoms with Crippen molar-refractivity contribution in [3.05, 3.63) is 0 Å². The third kappa shape index (κ3) is 2.48. The van der Waals surface area contributed by atoms with Gasteiger partial charge in [-0.05, 0) is 38.0 Å². The third-order valence-electron chi connectivity index (χ3n) is 3.98. The molecule has 0 radical (unpaired) electrons.